The van der Waals surface area contributed by atoms with E-state index in [2.05, 4.69) is 4.98 Å². The van der Waals surface area contributed by atoms with Gasteiger partial charge in [-0.05, 0) is 44.9 Å². The van der Waals surface area contributed by atoms with Gasteiger partial charge in [0.05, 0.1) is 25.2 Å². The molecular formula is C17H20N2O3. The summed E-state index contributed by atoms with van der Waals surface area (Å²) in [4.78, 5) is 16.7. The number of nitrogens with zero attached hydrogens (tertiary/aromatic N) is 2. The van der Waals surface area contributed by atoms with E-state index in [0.29, 0.717) is 17.2 Å². The van der Waals surface area contributed by atoms with Gasteiger partial charge in [-0.25, -0.2) is 9.78 Å². The molecule has 0 aliphatic heterocycles. The van der Waals surface area contributed by atoms with Gasteiger partial charge in [-0.3, -0.25) is 0 Å². The summed E-state index contributed by atoms with van der Waals surface area (Å²) < 4.78 is 12.5. The van der Waals surface area contributed by atoms with Gasteiger partial charge in [0.15, 0.2) is 0 Å². The number of hydrogen-bond acceptors (Lipinski definition) is 4. The van der Waals surface area contributed by atoms with Gasteiger partial charge in [-0.1, -0.05) is 0 Å². The predicted molar refractivity (Wildman–Crippen MR) is 82.6 cm³/mol. The highest BCUT2D eigenvalue weighted by Crippen LogP contribution is 2.39. The Morgan fingerprint density at radius 3 is 2.77 bits per heavy atom. The Labute approximate surface area is 129 Å². The van der Waals surface area contributed by atoms with Crippen molar-refractivity contribution in [3.05, 3.63) is 42.0 Å². The summed E-state index contributed by atoms with van der Waals surface area (Å²) in [6.45, 7) is 3.65. The number of carbonyl (C=O) groups is 1. The summed E-state index contributed by atoms with van der Waals surface area (Å²) in [7, 11) is 1.55. The van der Waals surface area contributed by atoms with Crippen LogP contribution >= 0.6 is 0 Å². The number of carbonyl (C=O) groups excluding carboxylic acids is 1. The second-order valence-corrected chi connectivity index (χ2v) is 5.82. The first kappa shape index (κ1) is 14.6. The third-order valence-electron chi connectivity index (χ3n) is 3.64. The first-order valence-corrected chi connectivity index (χ1v) is 7.51. The van der Waals surface area contributed by atoms with E-state index in [4.69, 9.17) is 9.47 Å². The summed E-state index contributed by atoms with van der Waals surface area (Å²) in [6.07, 6.45) is 6.07. The standard InChI is InChI=1S/C17H20N2O3/c1-11(2)22-17(20)14-8-13(6-7-16(14)21-3)19-9-15(18-10-19)12-4-5-12/h6-12H,4-5H2,1-3H3. The molecule has 0 unspecified atom stereocenters. The number of ether oxygens (including phenoxy) is 2. The zero-order valence-electron chi connectivity index (χ0n) is 13.1. The van der Waals surface area contributed by atoms with E-state index in [1.54, 1.807) is 25.6 Å². The van der Waals surface area contributed by atoms with Crippen LogP contribution in [0.1, 0.15) is 48.7 Å². The lowest BCUT2D eigenvalue weighted by atomic mass is 10.1. The van der Waals surface area contributed by atoms with Crippen molar-refractivity contribution in [2.24, 2.45) is 0 Å². The molecule has 1 aliphatic carbocycles. The molecule has 0 amide bonds. The van der Waals surface area contributed by atoms with Crippen molar-refractivity contribution in [3.8, 4) is 11.4 Å². The van der Waals surface area contributed by atoms with Crippen LogP contribution in [0.2, 0.25) is 0 Å². The van der Waals surface area contributed by atoms with Crippen molar-refractivity contribution < 1.29 is 14.3 Å². The summed E-state index contributed by atoms with van der Waals surface area (Å²) in [6, 6.07) is 5.47. The number of aromatic nitrogens is 2. The Hall–Kier alpha value is -2.30. The first-order valence-electron chi connectivity index (χ1n) is 7.51. The maximum absolute atomic E-state index is 12.2. The van der Waals surface area contributed by atoms with Crippen LogP contribution in [0.4, 0.5) is 0 Å². The van der Waals surface area contributed by atoms with Crippen molar-refractivity contribution in [1.29, 1.82) is 0 Å². The average molecular weight is 300 g/mol. The molecule has 3 rings (SSSR count). The van der Waals surface area contributed by atoms with Gasteiger partial charge in [0, 0.05) is 17.8 Å². The largest absolute Gasteiger partial charge is 0.496 e. The van der Waals surface area contributed by atoms with E-state index in [-0.39, 0.29) is 12.1 Å². The molecule has 0 radical (unpaired) electrons. The van der Waals surface area contributed by atoms with Crippen LogP contribution in [-0.4, -0.2) is 28.7 Å². The van der Waals surface area contributed by atoms with Crippen LogP contribution in [0, 0.1) is 0 Å². The number of rotatable bonds is 5. The Bertz CT molecular complexity index is 687. The highest BCUT2D eigenvalue weighted by Gasteiger charge is 2.26. The Balaban J connectivity index is 1.92. The normalized spacial score (nSPS) is 14.2. The molecule has 22 heavy (non-hydrogen) atoms. The molecule has 0 spiro atoms. The minimum Gasteiger partial charge on any atom is -0.496 e. The molecule has 0 atom stereocenters. The molecule has 5 nitrogen and oxygen atoms in total. The molecule has 1 aliphatic rings. The number of esters is 1. The van der Waals surface area contributed by atoms with Gasteiger partial charge >= 0.3 is 5.97 Å². The molecule has 0 bridgehead atoms. The molecule has 1 saturated carbocycles. The molecule has 1 aromatic carbocycles. The SMILES string of the molecule is COc1ccc(-n2cnc(C3CC3)c2)cc1C(=O)OC(C)C. The summed E-state index contributed by atoms with van der Waals surface area (Å²) in [5, 5.41) is 0. The lowest BCUT2D eigenvalue weighted by molar-refractivity contribution is 0.0374. The van der Waals surface area contributed by atoms with Crippen molar-refractivity contribution >= 4 is 5.97 Å². The van der Waals surface area contributed by atoms with Crippen LogP contribution in [0.5, 0.6) is 5.75 Å². The van der Waals surface area contributed by atoms with Crippen LogP contribution in [-0.2, 0) is 4.74 Å². The third kappa shape index (κ3) is 2.98. The fraction of sp³-hybridized carbons (Fsp3) is 0.412. The topological polar surface area (TPSA) is 53.4 Å². The average Bonchev–Trinajstić information content (AvgIpc) is 3.23. The fourth-order valence-corrected chi connectivity index (χ4v) is 2.36. The lowest BCUT2D eigenvalue weighted by Crippen LogP contribution is -2.13. The Kier molecular flexibility index (Phi) is 3.88. The second-order valence-electron chi connectivity index (χ2n) is 5.82. The monoisotopic (exact) mass is 300 g/mol. The van der Waals surface area contributed by atoms with Crippen LogP contribution in [0.15, 0.2) is 30.7 Å². The van der Waals surface area contributed by atoms with E-state index in [1.807, 2.05) is 30.7 Å². The molecular weight excluding hydrogens is 280 g/mol. The minimum atomic E-state index is -0.378. The van der Waals surface area contributed by atoms with E-state index >= 15 is 0 Å². The minimum absolute atomic E-state index is 0.171. The number of methoxy groups -OCH3 is 1. The number of hydrogen-bond donors (Lipinski definition) is 0. The quantitative estimate of drug-likeness (QED) is 0.795. The van der Waals surface area contributed by atoms with E-state index in [1.165, 1.54) is 12.8 Å². The van der Waals surface area contributed by atoms with Crippen LogP contribution in [0.3, 0.4) is 0 Å². The van der Waals surface area contributed by atoms with Crippen molar-refractivity contribution in [3.63, 3.8) is 0 Å². The molecule has 1 aromatic heterocycles. The first-order chi connectivity index (χ1) is 10.6. The fourth-order valence-electron chi connectivity index (χ4n) is 2.36. The van der Waals surface area contributed by atoms with Crippen LogP contribution in [0.25, 0.3) is 5.69 Å². The number of benzene rings is 1. The molecule has 5 heteroatoms. The zero-order valence-corrected chi connectivity index (χ0v) is 13.1. The molecule has 116 valence electrons. The molecule has 0 saturated heterocycles. The van der Waals surface area contributed by atoms with Gasteiger partial charge in [0.25, 0.3) is 0 Å². The predicted octanol–water partition coefficient (Wildman–Crippen LogP) is 3.32. The van der Waals surface area contributed by atoms with Gasteiger partial charge in [-0.15, -0.1) is 0 Å². The smallest absolute Gasteiger partial charge is 0.342 e. The molecule has 2 aromatic rings. The third-order valence-corrected chi connectivity index (χ3v) is 3.64. The maximum atomic E-state index is 12.2. The van der Waals surface area contributed by atoms with E-state index < -0.39 is 0 Å². The Morgan fingerprint density at radius 2 is 2.14 bits per heavy atom. The molecule has 1 fully saturated rings. The Morgan fingerprint density at radius 1 is 1.36 bits per heavy atom. The van der Waals surface area contributed by atoms with Gasteiger partial charge in [0.2, 0.25) is 0 Å². The summed E-state index contributed by atoms with van der Waals surface area (Å²) in [5.74, 6) is 0.734. The highest BCUT2D eigenvalue weighted by atomic mass is 16.5. The zero-order chi connectivity index (χ0) is 15.7. The molecule has 0 N–H and O–H groups in total. The maximum Gasteiger partial charge on any atom is 0.342 e. The van der Waals surface area contributed by atoms with Gasteiger partial charge in [-0.2, -0.15) is 0 Å². The van der Waals surface area contributed by atoms with Crippen molar-refractivity contribution in [2.45, 2.75) is 38.7 Å². The second kappa shape index (κ2) is 5.83. The van der Waals surface area contributed by atoms with Crippen molar-refractivity contribution in [1.82, 2.24) is 9.55 Å². The van der Waals surface area contributed by atoms with Gasteiger partial charge < -0.3 is 14.0 Å². The summed E-state index contributed by atoms with van der Waals surface area (Å²) >= 11 is 0. The molecule has 1 heterocycles. The highest BCUT2D eigenvalue weighted by molar-refractivity contribution is 5.93. The van der Waals surface area contributed by atoms with Gasteiger partial charge in [0.1, 0.15) is 11.3 Å². The van der Waals surface area contributed by atoms with Crippen LogP contribution < -0.4 is 4.74 Å². The van der Waals surface area contributed by atoms with E-state index in [0.717, 1.165) is 11.4 Å². The lowest BCUT2D eigenvalue weighted by Gasteiger charge is -2.12. The van der Waals surface area contributed by atoms with Crippen molar-refractivity contribution in [2.75, 3.05) is 7.11 Å². The number of imidazole rings is 1. The van der Waals surface area contributed by atoms with E-state index in [9.17, 15) is 4.79 Å². The summed E-state index contributed by atoms with van der Waals surface area (Å²) in [5.41, 5.74) is 2.41.